The Kier molecular flexibility index (Phi) is 5.56. The van der Waals surface area contributed by atoms with Gasteiger partial charge in [0.2, 0.25) is 0 Å². The van der Waals surface area contributed by atoms with E-state index < -0.39 is 0 Å². The number of nitrogens with zero attached hydrogens (tertiary/aromatic N) is 2. The monoisotopic (exact) mass is 241 g/mol. The maximum atomic E-state index is 6.18. The number of hydrogen-bond acceptors (Lipinski definition) is 2. The molecule has 1 aromatic heterocycles. The van der Waals surface area contributed by atoms with Gasteiger partial charge in [-0.3, -0.25) is 4.68 Å². The van der Waals surface area contributed by atoms with Crippen molar-refractivity contribution >= 4 is 11.6 Å². The molecule has 0 aromatic carbocycles. The Morgan fingerprint density at radius 2 is 2.25 bits per heavy atom. The third-order valence-electron chi connectivity index (χ3n) is 2.51. The molecule has 0 bridgehead atoms. The summed E-state index contributed by atoms with van der Waals surface area (Å²) in [4.78, 5) is 0. The molecule has 90 valence electrons. The van der Waals surface area contributed by atoms with Crippen LogP contribution in [0.25, 0.3) is 0 Å². The van der Waals surface area contributed by atoms with Crippen LogP contribution in [-0.4, -0.2) is 16.3 Å². The maximum absolute atomic E-state index is 6.18. The molecule has 0 radical (unpaired) electrons. The van der Waals surface area contributed by atoms with Gasteiger partial charge in [-0.25, -0.2) is 0 Å². The van der Waals surface area contributed by atoms with Crippen LogP contribution < -0.4 is 5.32 Å². The second kappa shape index (κ2) is 6.71. The largest absolute Gasteiger partial charge is 0.312 e. The molecule has 0 aliphatic rings. The molecule has 0 aliphatic carbocycles. The van der Waals surface area contributed by atoms with Gasteiger partial charge in [-0.15, -0.1) is 0 Å². The fraction of sp³-hybridized carbons (Fsp3) is 0.583. The van der Waals surface area contributed by atoms with Gasteiger partial charge in [0.15, 0.2) is 0 Å². The molecule has 0 unspecified atom stereocenters. The molecular formula is C12H20ClN3. The van der Waals surface area contributed by atoms with Gasteiger partial charge in [-0.1, -0.05) is 30.7 Å². The predicted molar refractivity (Wildman–Crippen MR) is 68.7 cm³/mol. The van der Waals surface area contributed by atoms with Crippen LogP contribution in [0.2, 0.25) is 5.15 Å². The molecule has 0 saturated carbocycles. The van der Waals surface area contributed by atoms with Crippen LogP contribution in [0.15, 0.2) is 12.2 Å². The molecule has 16 heavy (non-hydrogen) atoms. The van der Waals surface area contributed by atoms with Crippen molar-refractivity contribution in [3.8, 4) is 0 Å². The summed E-state index contributed by atoms with van der Waals surface area (Å²) in [5.41, 5.74) is 2.22. The molecule has 1 N–H and O–H groups in total. The summed E-state index contributed by atoms with van der Waals surface area (Å²) in [5.74, 6) is 0. The Labute approximate surface area is 102 Å². The fourth-order valence-corrected chi connectivity index (χ4v) is 1.84. The third-order valence-corrected chi connectivity index (χ3v) is 2.99. The second-order valence-electron chi connectivity index (χ2n) is 3.73. The van der Waals surface area contributed by atoms with Crippen LogP contribution in [0.3, 0.4) is 0 Å². The predicted octanol–water partition coefficient (Wildman–Crippen LogP) is 2.69. The molecule has 1 rings (SSSR count). The summed E-state index contributed by atoms with van der Waals surface area (Å²) in [6.07, 6.45) is 6.19. The Morgan fingerprint density at radius 1 is 1.50 bits per heavy atom. The Bertz CT molecular complexity index is 355. The molecule has 4 heteroatoms. The molecular weight excluding hydrogens is 222 g/mol. The number of aromatic nitrogens is 2. The summed E-state index contributed by atoms with van der Waals surface area (Å²) < 4.78 is 1.74. The SMILES string of the molecule is C/C=C/CCNCc1c(CC)nn(C)c1Cl. The highest BCUT2D eigenvalue weighted by Gasteiger charge is 2.11. The first kappa shape index (κ1) is 13.3. The van der Waals surface area contributed by atoms with E-state index in [0.29, 0.717) is 0 Å². The first-order valence-corrected chi connectivity index (χ1v) is 6.10. The lowest BCUT2D eigenvalue weighted by atomic mass is 10.2. The minimum atomic E-state index is 0.746. The van der Waals surface area contributed by atoms with Crippen molar-refractivity contribution in [2.45, 2.75) is 33.2 Å². The molecule has 0 saturated heterocycles. The second-order valence-corrected chi connectivity index (χ2v) is 4.09. The van der Waals surface area contributed by atoms with Gasteiger partial charge in [0.05, 0.1) is 5.69 Å². The Balaban J connectivity index is 2.52. The summed E-state index contributed by atoms with van der Waals surface area (Å²) in [5, 5.41) is 8.50. The zero-order chi connectivity index (χ0) is 12.0. The van der Waals surface area contributed by atoms with Crippen molar-refractivity contribution in [3.63, 3.8) is 0 Å². The van der Waals surface area contributed by atoms with Crippen LogP contribution >= 0.6 is 11.6 Å². The van der Waals surface area contributed by atoms with E-state index in [9.17, 15) is 0 Å². The number of allylic oxidation sites excluding steroid dienone is 1. The standard InChI is InChI=1S/C12H20ClN3/c1-4-6-7-8-14-9-10-11(5-2)15-16(3)12(10)13/h4,6,14H,5,7-9H2,1-3H3/b6-4+. The Hall–Kier alpha value is -0.800. The first-order chi connectivity index (χ1) is 7.70. The van der Waals surface area contributed by atoms with Crippen molar-refractivity contribution < 1.29 is 0 Å². The lowest BCUT2D eigenvalue weighted by molar-refractivity contribution is 0.690. The van der Waals surface area contributed by atoms with Crippen LogP contribution in [-0.2, 0) is 20.0 Å². The van der Waals surface area contributed by atoms with E-state index >= 15 is 0 Å². The maximum Gasteiger partial charge on any atom is 0.131 e. The van der Waals surface area contributed by atoms with Gasteiger partial charge in [0, 0.05) is 19.2 Å². The number of aryl methyl sites for hydroxylation is 2. The Morgan fingerprint density at radius 3 is 2.88 bits per heavy atom. The topological polar surface area (TPSA) is 29.9 Å². The summed E-state index contributed by atoms with van der Waals surface area (Å²) in [6, 6.07) is 0. The lowest BCUT2D eigenvalue weighted by Gasteiger charge is -2.03. The van der Waals surface area contributed by atoms with Crippen molar-refractivity contribution in [2.24, 2.45) is 7.05 Å². The van der Waals surface area contributed by atoms with Crippen LogP contribution in [0, 0.1) is 0 Å². The number of rotatable bonds is 6. The highest BCUT2D eigenvalue weighted by atomic mass is 35.5. The van der Waals surface area contributed by atoms with E-state index in [-0.39, 0.29) is 0 Å². The van der Waals surface area contributed by atoms with Crippen molar-refractivity contribution in [1.82, 2.24) is 15.1 Å². The molecule has 1 heterocycles. The molecule has 0 atom stereocenters. The number of nitrogens with one attached hydrogen (secondary N) is 1. The molecule has 0 aliphatic heterocycles. The van der Waals surface area contributed by atoms with E-state index in [1.54, 1.807) is 4.68 Å². The fourth-order valence-electron chi connectivity index (χ4n) is 1.62. The van der Waals surface area contributed by atoms with E-state index in [1.807, 2.05) is 14.0 Å². The minimum absolute atomic E-state index is 0.746. The minimum Gasteiger partial charge on any atom is -0.312 e. The highest BCUT2D eigenvalue weighted by molar-refractivity contribution is 6.30. The van der Waals surface area contributed by atoms with E-state index in [4.69, 9.17) is 11.6 Å². The zero-order valence-electron chi connectivity index (χ0n) is 10.3. The van der Waals surface area contributed by atoms with Gasteiger partial charge in [0.25, 0.3) is 0 Å². The number of halogens is 1. The molecule has 0 fully saturated rings. The van der Waals surface area contributed by atoms with Crippen molar-refractivity contribution in [1.29, 1.82) is 0 Å². The van der Waals surface area contributed by atoms with Gasteiger partial charge < -0.3 is 5.32 Å². The van der Waals surface area contributed by atoms with Gasteiger partial charge in [-0.2, -0.15) is 5.10 Å². The van der Waals surface area contributed by atoms with Crippen LogP contribution in [0.5, 0.6) is 0 Å². The van der Waals surface area contributed by atoms with Gasteiger partial charge in [-0.05, 0) is 26.3 Å². The van der Waals surface area contributed by atoms with Gasteiger partial charge >= 0.3 is 0 Å². The first-order valence-electron chi connectivity index (χ1n) is 5.72. The summed E-state index contributed by atoms with van der Waals surface area (Å²) in [7, 11) is 1.88. The van der Waals surface area contributed by atoms with Crippen LogP contribution in [0.4, 0.5) is 0 Å². The lowest BCUT2D eigenvalue weighted by Crippen LogP contribution is -2.15. The molecule has 3 nitrogen and oxygen atoms in total. The van der Waals surface area contributed by atoms with Gasteiger partial charge in [0.1, 0.15) is 5.15 Å². The average Bonchev–Trinajstić information content (AvgIpc) is 2.56. The molecule has 0 amide bonds. The van der Waals surface area contributed by atoms with E-state index in [1.165, 1.54) is 0 Å². The molecule has 1 aromatic rings. The van der Waals surface area contributed by atoms with E-state index in [2.05, 4.69) is 29.5 Å². The third kappa shape index (κ3) is 3.35. The van der Waals surface area contributed by atoms with Crippen LogP contribution in [0.1, 0.15) is 31.5 Å². The van der Waals surface area contributed by atoms with E-state index in [0.717, 1.165) is 42.3 Å². The zero-order valence-corrected chi connectivity index (χ0v) is 11.0. The highest BCUT2D eigenvalue weighted by Crippen LogP contribution is 2.19. The van der Waals surface area contributed by atoms with Crippen molar-refractivity contribution in [3.05, 3.63) is 28.6 Å². The summed E-state index contributed by atoms with van der Waals surface area (Å²) in [6.45, 7) is 5.90. The quantitative estimate of drug-likeness (QED) is 0.613. The van der Waals surface area contributed by atoms with Crippen molar-refractivity contribution in [2.75, 3.05) is 6.54 Å². The summed E-state index contributed by atoms with van der Waals surface area (Å²) >= 11 is 6.18. The normalized spacial score (nSPS) is 11.5. The average molecular weight is 242 g/mol. The number of hydrogen-bond donors (Lipinski definition) is 1. The smallest absolute Gasteiger partial charge is 0.131 e. The molecule has 0 spiro atoms.